The second-order valence-electron chi connectivity index (χ2n) is 6.43. The summed E-state index contributed by atoms with van der Waals surface area (Å²) in [6.45, 7) is 2.91. The SMILES string of the molecule is O=C(C1CCS(=O)(=O)C1)N1CCCC1C1CCNCC1. The maximum absolute atomic E-state index is 12.6. The second kappa shape index (κ2) is 5.64. The molecule has 3 saturated heterocycles. The van der Waals surface area contributed by atoms with Crippen LogP contribution in [-0.4, -0.2) is 56.4 Å². The molecule has 0 saturated carbocycles. The zero-order valence-corrected chi connectivity index (χ0v) is 12.7. The van der Waals surface area contributed by atoms with Gasteiger partial charge in [0.1, 0.15) is 0 Å². The smallest absolute Gasteiger partial charge is 0.226 e. The van der Waals surface area contributed by atoms with Crippen LogP contribution in [0, 0.1) is 11.8 Å². The van der Waals surface area contributed by atoms with Crippen LogP contribution in [0.1, 0.15) is 32.1 Å². The fraction of sp³-hybridized carbons (Fsp3) is 0.929. The molecule has 2 unspecified atom stereocenters. The van der Waals surface area contributed by atoms with Gasteiger partial charge in [-0.1, -0.05) is 0 Å². The summed E-state index contributed by atoms with van der Waals surface area (Å²) in [5, 5.41) is 3.37. The van der Waals surface area contributed by atoms with Crippen molar-refractivity contribution in [2.75, 3.05) is 31.1 Å². The molecule has 3 rings (SSSR count). The van der Waals surface area contributed by atoms with Crippen molar-refractivity contribution in [3.05, 3.63) is 0 Å². The third kappa shape index (κ3) is 2.86. The van der Waals surface area contributed by atoms with Gasteiger partial charge >= 0.3 is 0 Å². The first-order valence-electron chi connectivity index (χ1n) is 7.78. The molecule has 5 nitrogen and oxygen atoms in total. The van der Waals surface area contributed by atoms with E-state index in [1.165, 1.54) is 0 Å². The first kappa shape index (κ1) is 14.3. The second-order valence-corrected chi connectivity index (χ2v) is 8.66. The molecule has 0 spiro atoms. The Balaban J connectivity index is 1.67. The topological polar surface area (TPSA) is 66.5 Å². The number of piperidine rings is 1. The van der Waals surface area contributed by atoms with Gasteiger partial charge in [-0.05, 0) is 51.1 Å². The van der Waals surface area contributed by atoms with E-state index in [0.29, 0.717) is 18.4 Å². The highest BCUT2D eigenvalue weighted by molar-refractivity contribution is 7.91. The van der Waals surface area contributed by atoms with Crippen LogP contribution in [0.25, 0.3) is 0 Å². The maximum atomic E-state index is 12.6. The molecule has 1 amide bonds. The van der Waals surface area contributed by atoms with E-state index in [1.807, 2.05) is 4.90 Å². The van der Waals surface area contributed by atoms with Crippen LogP contribution in [0.2, 0.25) is 0 Å². The van der Waals surface area contributed by atoms with Crippen molar-refractivity contribution in [1.29, 1.82) is 0 Å². The lowest BCUT2D eigenvalue weighted by Crippen LogP contribution is -2.46. The van der Waals surface area contributed by atoms with E-state index in [-0.39, 0.29) is 23.3 Å². The monoisotopic (exact) mass is 300 g/mol. The summed E-state index contributed by atoms with van der Waals surface area (Å²) in [6, 6.07) is 0.355. The highest BCUT2D eigenvalue weighted by atomic mass is 32.2. The molecule has 3 aliphatic heterocycles. The zero-order chi connectivity index (χ0) is 14.2. The van der Waals surface area contributed by atoms with E-state index in [4.69, 9.17) is 0 Å². The van der Waals surface area contributed by atoms with Crippen molar-refractivity contribution in [2.45, 2.75) is 38.1 Å². The van der Waals surface area contributed by atoms with Gasteiger partial charge in [-0.25, -0.2) is 8.42 Å². The van der Waals surface area contributed by atoms with Gasteiger partial charge in [-0.15, -0.1) is 0 Å². The quantitative estimate of drug-likeness (QED) is 0.802. The van der Waals surface area contributed by atoms with Gasteiger partial charge in [0.15, 0.2) is 9.84 Å². The predicted molar refractivity (Wildman–Crippen MR) is 77.1 cm³/mol. The Bertz CT molecular complexity index is 471. The number of hydrogen-bond acceptors (Lipinski definition) is 4. The van der Waals surface area contributed by atoms with Crippen LogP contribution in [0.5, 0.6) is 0 Å². The molecule has 3 heterocycles. The molecule has 0 radical (unpaired) electrons. The Morgan fingerprint density at radius 2 is 1.85 bits per heavy atom. The molecular formula is C14H24N2O3S. The van der Waals surface area contributed by atoms with Gasteiger partial charge in [-0.3, -0.25) is 4.79 Å². The average molecular weight is 300 g/mol. The Morgan fingerprint density at radius 1 is 1.10 bits per heavy atom. The fourth-order valence-corrected chi connectivity index (χ4v) is 5.74. The van der Waals surface area contributed by atoms with Crippen LogP contribution in [-0.2, 0) is 14.6 Å². The van der Waals surface area contributed by atoms with E-state index in [2.05, 4.69) is 5.32 Å². The molecule has 1 N–H and O–H groups in total. The molecule has 3 fully saturated rings. The average Bonchev–Trinajstić information content (AvgIpc) is 3.05. The molecule has 3 aliphatic rings. The van der Waals surface area contributed by atoms with Crippen molar-refractivity contribution in [3.63, 3.8) is 0 Å². The number of likely N-dealkylation sites (tertiary alicyclic amines) is 1. The highest BCUT2D eigenvalue weighted by Gasteiger charge is 2.41. The molecular weight excluding hydrogens is 276 g/mol. The Kier molecular flexibility index (Phi) is 4.04. The van der Waals surface area contributed by atoms with Gasteiger partial charge in [-0.2, -0.15) is 0 Å². The molecule has 0 bridgehead atoms. The van der Waals surface area contributed by atoms with Crippen LogP contribution < -0.4 is 5.32 Å². The van der Waals surface area contributed by atoms with E-state index < -0.39 is 9.84 Å². The van der Waals surface area contributed by atoms with E-state index in [0.717, 1.165) is 45.3 Å². The number of nitrogens with zero attached hydrogens (tertiary/aromatic N) is 1. The van der Waals surface area contributed by atoms with Crippen LogP contribution in [0.4, 0.5) is 0 Å². The van der Waals surface area contributed by atoms with E-state index in [1.54, 1.807) is 0 Å². The summed E-state index contributed by atoms with van der Waals surface area (Å²) in [4.78, 5) is 14.6. The van der Waals surface area contributed by atoms with Crippen molar-refractivity contribution >= 4 is 15.7 Å². The fourth-order valence-electron chi connectivity index (χ4n) is 4.01. The van der Waals surface area contributed by atoms with Gasteiger partial charge in [0.2, 0.25) is 5.91 Å². The van der Waals surface area contributed by atoms with Gasteiger partial charge in [0.05, 0.1) is 17.4 Å². The Morgan fingerprint density at radius 3 is 2.50 bits per heavy atom. The van der Waals surface area contributed by atoms with Crippen molar-refractivity contribution < 1.29 is 13.2 Å². The number of carbonyl (C=O) groups excluding carboxylic acids is 1. The lowest BCUT2D eigenvalue weighted by atomic mass is 9.88. The number of sulfone groups is 1. The van der Waals surface area contributed by atoms with Crippen molar-refractivity contribution in [3.8, 4) is 0 Å². The molecule has 2 atom stereocenters. The molecule has 0 aromatic rings. The largest absolute Gasteiger partial charge is 0.339 e. The maximum Gasteiger partial charge on any atom is 0.226 e. The Hall–Kier alpha value is -0.620. The summed E-state index contributed by atoms with van der Waals surface area (Å²) in [7, 11) is -2.97. The minimum Gasteiger partial charge on any atom is -0.339 e. The number of rotatable bonds is 2. The van der Waals surface area contributed by atoms with Gasteiger partial charge in [0, 0.05) is 12.6 Å². The summed E-state index contributed by atoms with van der Waals surface area (Å²) >= 11 is 0. The summed E-state index contributed by atoms with van der Waals surface area (Å²) in [6.07, 6.45) is 4.96. The third-order valence-corrected chi connectivity index (χ3v) is 6.86. The summed E-state index contributed by atoms with van der Waals surface area (Å²) in [5.41, 5.74) is 0. The first-order chi connectivity index (χ1) is 9.57. The number of carbonyl (C=O) groups is 1. The van der Waals surface area contributed by atoms with Gasteiger partial charge in [0.25, 0.3) is 0 Å². The number of amides is 1. The van der Waals surface area contributed by atoms with Crippen molar-refractivity contribution in [2.24, 2.45) is 11.8 Å². The minimum absolute atomic E-state index is 0.0707. The lowest BCUT2D eigenvalue weighted by molar-refractivity contribution is -0.136. The van der Waals surface area contributed by atoms with Crippen LogP contribution in [0.3, 0.4) is 0 Å². The first-order valence-corrected chi connectivity index (χ1v) is 9.60. The van der Waals surface area contributed by atoms with Crippen LogP contribution in [0.15, 0.2) is 0 Å². The molecule has 6 heteroatoms. The summed E-state index contributed by atoms with van der Waals surface area (Å²) in [5.74, 6) is 0.687. The summed E-state index contributed by atoms with van der Waals surface area (Å²) < 4.78 is 23.1. The van der Waals surface area contributed by atoms with E-state index in [9.17, 15) is 13.2 Å². The molecule has 0 aliphatic carbocycles. The van der Waals surface area contributed by atoms with Gasteiger partial charge < -0.3 is 10.2 Å². The highest BCUT2D eigenvalue weighted by Crippen LogP contribution is 2.32. The van der Waals surface area contributed by atoms with E-state index >= 15 is 0 Å². The van der Waals surface area contributed by atoms with Crippen LogP contribution >= 0.6 is 0 Å². The molecule has 20 heavy (non-hydrogen) atoms. The zero-order valence-electron chi connectivity index (χ0n) is 11.9. The third-order valence-electron chi connectivity index (χ3n) is 5.09. The molecule has 0 aromatic heterocycles. The molecule has 0 aromatic carbocycles. The minimum atomic E-state index is -2.97. The van der Waals surface area contributed by atoms with Crippen molar-refractivity contribution in [1.82, 2.24) is 10.2 Å². The number of hydrogen-bond donors (Lipinski definition) is 1. The Labute approximate surface area is 121 Å². The lowest BCUT2D eigenvalue weighted by Gasteiger charge is -2.35. The normalized spacial score (nSPS) is 34.5. The molecule has 114 valence electrons. The standard InChI is InChI=1S/C14H24N2O3S/c17-14(12-5-9-20(18,19)10-12)16-8-1-2-13(16)11-3-6-15-7-4-11/h11-13,15H,1-10H2. The predicted octanol–water partition coefficient (Wildman–Crippen LogP) is 0.412. The number of nitrogens with one attached hydrogen (secondary N) is 1.